The van der Waals surface area contributed by atoms with Gasteiger partial charge in [0.05, 0.1) is 5.69 Å². The van der Waals surface area contributed by atoms with E-state index in [9.17, 15) is 0 Å². The molecule has 3 aromatic rings. The van der Waals surface area contributed by atoms with Gasteiger partial charge in [0.2, 0.25) is 0 Å². The summed E-state index contributed by atoms with van der Waals surface area (Å²) < 4.78 is 0.953. The minimum atomic E-state index is 0.227. The summed E-state index contributed by atoms with van der Waals surface area (Å²) in [5, 5.41) is 3.84. The van der Waals surface area contributed by atoms with Gasteiger partial charge >= 0.3 is 0 Å². The van der Waals surface area contributed by atoms with Crippen molar-refractivity contribution < 1.29 is 0 Å². The molecule has 6 heteroatoms. The Labute approximate surface area is 142 Å². The average Bonchev–Trinajstić information content (AvgIpc) is 2.48. The van der Waals surface area contributed by atoms with Crippen molar-refractivity contribution in [3.8, 4) is 11.1 Å². The molecular formula is C16H14BrClN4. The molecule has 1 aromatic carbocycles. The molecule has 0 unspecified atom stereocenters. The van der Waals surface area contributed by atoms with E-state index in [0.29, 0.717) is 16.3 Å². The predicted molar refractivity (Wildman–Crippen MR) is 94.2 cm³/mol. The number of hydrogen-bond donors (Lipinski definition) is 1. The SMILES string of the molecule is CC(C)Nc1c(-c2ccccc2Br)c(Cl)nc2nccnc12. The number of pyridine rings is 1. The lowest BCUT2D eigenvalue weighted by Gasteiger charge is -2.18. The topological polar surface area (TPSA) is 50.7 Å². The van der Waals surface area contributed by atoms with Gasteiger partial charge in [0.15, 0.2) is 5.65 Å². The number of halogens is 2. The normalized spacial score (nSPS) is 11.1. The lowest BCUT2D eigenvalue weighted by molar-refractivity contribution is 0.900. The Morgan fingerprint density at radius 1 is 1.14 bits per heavy atom. The Bertz CT molecular complexity index is 835. The molecule has 1 N–H and O–H groups in total. The van der Waals surface area contributed by atoms with Crippen LogP contribution in [0.2, 0.25) is 5.15 Å². The van der Waals surface area contributed by atoms with Gasteiger partial charge in [-0.1, -0.05) is 45.7 Å². The minimum Gasteiger partial charge on any atom is -0.380 e. The van der Waals surface area contributed by atoms with Gasteiger partial charge in [0, 0.05) is 34.0 Å². The first-order valence-corrected chi connectivity index (χ1v) is 8.06. The molecule has 0 aliphatic rings. The second-order valence-electron chi connectivity index (χ2n) is 5.16. The summed E-state index contributed by atoms with van der Waals surface area (Å²) in [5.41, 5.74) is 3.90. The molecule has 0 atom stereocenters. The zero-order valence-corrected chi connectivity index (χ0v) is 14.5. The summed E-state index contributed by atoms with van der Waals surface area (Å²) in [6, 6.07) is 8.14. The van der Waals surface area contributed by atoms with Crippen molar-refractivity contribution >= 4 is 44.4 Å². The van der Waals surface area contributed by atoms with Crippen molar-refractivity contribution in [2.45, 2.75) is 19.9 Å². The molecule has 112 valence electrons. The molecule has 0 amide bonds. The van der Waals surface area contributed by atoms with Gasteiger partial charge in [0.25, 0.3) is 0 Å². The Kier molecular flexibility index (Phi) is 4.27. The molecule has 2 heterocycles. The van der Waals surface area contributed by atoms with E-state index in [-0.39, 0.29) is 6.04 Å². The number of benzene rings is 1. The number of fused-ring (bicyclic) bond motifs is 1. The fourth-order valence-electron chi connectivity index (χ4n) is 2.30. The van der Waals surface area contributed by atoms with Crippen LogP contribution in [0.3, 0.4) is 0 Å². The molecule has 22 heavy (non-hydrogen) atoms. The van der Waals surface area contributed by atoms with Crippen LogP contribution in [0.1, 0.15) is 13.8 Å². The summed E-state index contributed by atoms with van der Waals surface area (Å²) in [4.78, 5) is 13.1. The van der Waals surface area contributed by atoms with Gasteiger partial charge in [-0.15, -0.1) is 0 Å². The molecule has 0 saturated carbocycles. The standard InChI is InChI=1S/C16H14BrClN4/c1-9(2)21-13-12(10-5-3-4-6-11(10)17)15(18)22-16-14(13)19-7-8-20-16/h3-9H,1-2H3,(H,20,21,22). The van der Waals surface area contributed by atoms with Crippen molar-refractivity contribution in [1.82, 2.24) is 15.0 Å². The number of anilines is 1. The third-order valence-electron chi connectivity index (χ3n) is 3.15. The summed E-state index contributed by atoms with van der Waals surface area (Å²) in [6.07, 6.45) is 3.27. The van der Waals surface area contributed by atoms with E-state index in [1.165, 1.54) is 0 Å². The zero-order valence-electron chi connectivity index (χ0n) is 12.1. The molecule has 0 spiro atoms. The maximum atomic E-state index is 6.46. The van der Waals surface area contributed by atoms with Gasteiger partial charge in [-0.25, -0.2) is 15.0 Å². The van der Waals surface area contributed by atoms with Crippen LogP contribution in [-0.2, 0) is 0 Å². The minimum absolute atomic E-state index is 0.227. The van der Waals surface area contributed by atoms with Crippen LogP contribution < -0.4 is 5.32 Å². The van der Waals surface area contributed by atoms with E-state index >= 15 is 0 Å². The van der Waals surface area contributed by atoms with Crippen LogP contribution in [-0.4, -0.2) is 21.0 Å². The molecule has 3 rings (SSSR count). The quantitative estimate of drug-likeness (QED) is 0.658. The number of nitrogens with zero attached hydrogens (tertiary/aromatic N) is 3. The first-order valence-electron chi connectivity index (χ1n) is 6.89. The fourth-order valence-corrected chi connectivity index (χ4v) is 3.06. The van der Waals surface area contributed by atoms with E-state index in [0.717, 1.165) is 21.3 Å². The predicted octanol–water partition coefficient (Wildman–Crippen LogP) is 4.93. The Morgan fingerprint density at radius 3 is 2.59 bits per heavy atom. The van der Waals surface area contributed by atoms with E-state index in [1.54, 1.807) is 12.4 Å². The smallest absolute Gasteiger partial charge is 0.181 e. The number of rotatable bonds is 3. The maximum Gasteiger partial charge on any atom is 0.181 e. The van der Waals surface area contributed by atoms with Crippen LogP contribution in [0.25, 0.3) is 22.3 Å². The average molecular weight is 378 g/mol. The van der Waals surface area contributed by atoms with Crippen molar-refractivity contribution in [2.24, 2.45) is 0 Å². The van der Waals surface area contributed by atoms with Gasteiger partial charge in [-0.2, -0.15) is 0 Å². The highest BCUT2D eigenvalue weighted by atomic mass is 79.9. The number of aromatic nitrogens is 3. The van der Waals surface area contributed by atoms with Crippen LogP contribution in [0.5, 0.6) is 0 Å². The van der Waals surface area contributed by atoms with E-state index in [4.69, 9.17) is 11.6 Å². The molecule has 2 aromatic heterocycles. The van der Waals surface area contributed by atoms with E-state index in [1.807, 2.05) is 24.3 Å². The molecule has 4 nitrogen and oxygen atoms in total. The molecule has 0 aliphatic heterocycles. The van der Waals surface area contributed by atoms with Crippen molar-refractivity contribution in [1.29, 1.82) is 0 Å². The van der Waals surface area contributed by atoms with Crippen LogP contribution in [0.4, 0.5) is 5.69 Å². The highest BCUT2D eigenvalue weighted by Crippen LogP contribution is 2.40. The molecule has 0 aliphatic carbocycles. The zero-order chi connectivity index (χ0) is 15.7. The van der Waals surface area contributed by atoms with E-state index in [2.05, 4.69) is 50.0 Å². The lowest BCUT2D eigenvalue weighted by Crippen LogP contribution is -2.12. The number of nitrogens with one attached hydrogen (secondary N) is 1. The maximum absolute atomic E-state index is 6.46. The second kappa shape index (κ2) is 6.18. The van der Waals surface area contributed by atoms with Gasteiger partial charge in [-0.05, 0) is 19.9 Å². The summed E-state index contributed by atoms with van der Waals surface area (Å²) in [6.45, 7) is 4.14. The molecular weight excluding hydrogens is 364 g/mol. The van der Waals surface area contributed by atoms with Gasteiger partial charge in [0.1, 0.15) is 10.7 Å². The van der Waals surface area contributed by atoms with Crippen molar-refractivity contribution in [3.05, 3.63) is 46.3 Å². The van der Waals surface area contributed by atoms with Crippen molar-refractivity contribution in [3.63, 3.8) is 0 Å². The first kappa shape index (κ1) is 15.2. The van der Waals surface area contributed by atoms with Gasteiger partial charge in [-0.3, -0.25) is 0 Å². The van der Waals surface area contributed by atoms with Crippen molar-refractivity contribution in [2.75, 3.05) is 5.32 Å². The summed E-state index contributed by atoms with van der Waals surface area (Å²) in [5.74, 6) is 0. The summed E-state index contributed by atoms with van der Waals surface area (Å²) >= 11 is 10.0. The van der Waals surface area contributed by atoms with E-state index < -0.39 is 0 Å². The highest BCUT2D eigenvalue weighted by Gasteiger charge is 2.19. The third-order valence-corrected chi connectivity index (χ3v) is 4.12. The second-order valence-corrected chi connectivity index (χ2v) is 6.37. The summed E-state index contributed by atoms with van der Waals surface area (Å²) in [7, 11) is 0. The molecule has 0 fully saturated rings. The lowest BCUT2D eigenvalue weighted by atomic mass is 10.0. The Morgan fingerprint density at radius 2 is 1.86 bits per heavy atom. The highest BCUT2D eigenvalue weighted by molar-refractivity contribution is 9.10. The number of hydrogen-bond acceptors (Lipinski definition) is 4. The first-order chi connectivity index (χ1) is 10.6. The molecule has 0 saturated heterocycles. The Hall–Kier alpha value is -1.72. The molecule has 0 radical (unpaired) electrons. The van der Waals surface area contributed by atoms with Crippen LogP contribution >= 0.6 is 27.5 Å². The molecule has 0 bridgehead atoms. The third kappa shape index (κ3) is 2.78. The monoisotopic (exact) mass is 376 g/mol. The Balaban J connectivity index is 2.37. The van der Waals surface area contributed by atoms with Gasteiger partial charge < -0.3 is 5.32 Å². The van der Waals surface area contributed by atoms with Crippen LogP contribution in [0.15, 0.2) is 41.1 Å². The fraction of sp³-hybridized carbons (Fsp3) is 0.188. The largest absolute Gasteiger partial charge is 0.380 e. The van der Waals surface area contributed by atoms with Crippen LogP contribution in [0, 0.1) is 0 Å².